The van der Waals surface area contributed by atoms with Crippen LogP contribution in [0.1, 0.15) is 104 Å². The fourth-order valence-corrected chi connectivity index (χ4v) is 4.83. The van der Waals surface area contributed by atoms with Crippen LogP contribution in [0.15, 0.2) is 30.3 Å². The lowest BCUT2D eigenvalue weighted by atomic mass is 9.70. The van der Waals surface area contributed by atoms with Crippen molar-refractivity contribution in [3.05, 3.63) is 35.9 Å². The molecule has 0 spiro atoms. The second kappa shape index (κ2) is 14.3. The zero-order valence-corrected chi connectivity index (χ0v) is 20.8. The van der Waals surface area contributed by atoms with Crippen molar-refractivity contribution in [2.45, 2.75) is 104 Å². The minimum absolute atomic E-state index is 0.276. The maximum atomic E-state index is 6.72. The van der Waals surface area contributed by atoms with Crippen LogP contribution in [-0.2, 0) is 20.0 Å². The molecule has 0 aliphatic carbocycles. The third-order valence-corrected chi connectivity index (χ3v) is 6.91. The molecule has 1 unspecified atom stereocenters. The summed E-state index contributed by atoms with van der Waals surface area (Å²) in [5, 5.41) is 0. The Morgan fingerprint density at radius 1 is 0.839 bits per heavy atom. The molecule has 178 valence electrons. The Balaban J connectivity index is 2.29. The highest BCUT2D eigenvalue weighted by Gasteiger charge is 2.48. The number of benzene rings is 1. The molecule has 1 aromatic rings. The average Bonchev–Trinajstić information content (AvgIpc) is 2.78. The van der Waals surface area contributed by atoms with Gasteiger partial charge in [0.1, 0.15) is 0 Å². The van der Waals surface area contributed by atoms with Gasteiger partial charge >= 0.3 is 0 Å². The first-order valence-electron chi connectivity index (χ1n) is 13.1. The van der Waals surface area contributed by atoms with Crippen LogP contribution in [0.3, 0.4) is 0 Å². The highest BCUT2D eigenvalue weighted by atomic mass is 16.7. The monoisotopic (exact) mass is 432 g/mol. The summed E-state index contributed by atoms with van der Waals surface area (Å²) in [6.07, 6.45) is 13.3. The number of ether oxygens (including phenoxy) is 3. The van der Waals surface area contributed by atoms with Crippen molar-refractivity contribution < 1.29 is 14.2 Å². The SMILES string of the molecule is CCCCCCCCC(CC1(CC)COC1)C(OCCC)(OCCC)c1ccccc1. The third kappa shape index (κ3) is 7.58. The highest BCUT2D eigenvalue weighted by molar-refractivity contribution is 5.22. The van der Waals surface area contributed by atoms with E-state index in [9.17, 15) is 0 Å². The molecular formula is C28H48O3. The molecule has 1 aliphatic rings. The summed E-state index contributed by atoms with van der Waals surface area (Å²) < 4.78 is 19.1. The standard InChI is InChI=1S/C28H48O3/c1-5-9-10-11-12-14-19-26(22-27(8-4)23-29-24-27)28(30-20-6-2,31-21-7-3)25-17-15-13-16-18-25/h13,15-18,26H,5-12,14,19-24H2,1-4H3. The molecule has 1 atom stereocenters. The molecule has 0 N–H and O–H groups in total. The zero-order valence-electron chi connectivity index (χ0n) is 20.8. The van der Waals surface area contributed by atoms with Gasteiger partial charge in [-0.25, -0.2) is 0 Å². The van der Waals surface area contributed by atoms with Crippen LogP contribution < -0.4 is 0 Å². The van der Waals surface area contributed by atoms with Gasteiger partial charge in [-0.15, -0.1) is 0 Å². The Hall–Kier alpha value is -0.900. The van der Waals surface area contributed by atoms with Gasteiger partial charge in [-0.1, -0.05) is 96.6 Å². The molecule has 3 heteroatoms. The summed E-state index contributed by atoms with van der Waals surface area (Å²) in [5.41, 5.74) is 1.46. The fraction of sp³-hybridized carbons (Fsp3) is 0.786. The van der Waals surface area contributed by atoms with Crippen LogP contribution in [0.2, 0.25) is 0 Å². The van der Waals surface area contributed by atoms with Crippen LogP contribution in [0.5, 0.6) is 0 Å². The van der Waals surface area contributed by atoms with E-state index in [-0.39, 0.29) is 5.41 Å². The van der Waals surface area contributed by atoms with Crippen LogP contribution in [-0.4, -0.2) is 26.4 Å². The largest absolute Gasteiger partial charge is 0.380 e. The Morgan fingerprint density at radius 3 is 1.97 bits per heavy atom. The van der Waals surface area contributed by atoms with Crippen molar-refractivity contribution in [3.8, 4) is 0 Å². The van der Waals surface area contributed by atoms with E-state index in [4.69, 9.17) is 14.2 Å². The molecular weight excluding hydrogens is 384 g/mol. The normalized spacial score (nSPS) is 16.8. The molecule has 0 amide bonds. The van der Waals surface area contributed by atoms with E-state index in [1.807, 2.05) is 0 Å². The quantitative estimate of drug-likeness (QED) is 0.174. The fourth-order valence-electron chi connectivity index (χ4n) is 4.83. The average molecular weight is 433 g/mol. The Bertz CT molecular complexity index is 553. The predicted molar refractivity (Wildman–Crippen MR) is 130 cm³/mol. The molecule has 31 heavy (non-hydrogen) atoms. The molecule has 1 aliphatic heterocycles. The lowest BCUT2D eigenvalue weighted by molar-refractivity contribution is -0.290. The summed E-state index contributed by atoms with van der Waals surface area (Å²) >= 11 is 0. The van der Waals surface area contributed by atoms with Gasteiger partial charge in [0.25, 0.3) is 0 Å². The first-order valence-corrected chi connectivity index (χ1v) is 13.1. The van der Waals surface area contributed by atoms with E-state index < -0.39 is 5.79 Å². The van der Waals surface area contributed by atoms with Crippen molar-refractivity contribution in [3.63, 3.8) is 0 Å². The molecule has 2 rings (SSSR count). The van der Waals surface area contributed by atoms with Crippen LogP contribution in [0.4, 0.5) is 0 Å². The molecule has 1 fully saturated rings. The second-order valence-electron chi connectivity index (χ2n) is 9.53. The lowest BCUT2D eigenvalue weighted by Gasteiger charge is -2.48. The van der Waals surface area contributed by atoms with Crippen LogP contribution in [0.25, 0.3) is 0 Å². The van der Waals surface area contributed by atoms with Crippen molar-refractivity contribution >= 4 is 0 Å². The Labute approximate surface area is 192 Å². The van der Waals surface area contributed by atoms with Crippen LogP contribution >= 0.6 is 0 Å². The summed E-state index contributed by atoms with van der Waals surface area (Å²) in [6, 6.07) is 10.7. The first kappa shape index (κ1) is 26.4. The van der Waals surface area contributed by atoms with Gasteiger partial charge in [0.05, 0.1) is 26.4 Å². The van der Waals surface area contributed by atoms with E-state index in [1.54, 1.807) is 0 Å². The first-order chi connectivity index (χ1) is 15.2. The summed E-state index contributed by atoms with van der Waals surface area (Å²) in [4.78, 5) is 0. The van der Waals surface area contributed by atoms with E-state index >= 15 is 0 Å². The minimum Gasteiger partial charge on any atom is -0.380 e. The van der Waals surface area contributed by atoms with Crippen LogP contribution in [0, 0.1) is 11.3 Å². The molecule has 0 bridgehead atoms. The topological polar surface area (TPSA) is 27.7 Å². The minimum atomic E-state index is -0.658. The Morgan fingerprint density at radius 2 is 1.45 bits per heavy atom. The van der Waals surface area contributed by atoms with Gasteiger partial charge in [-0.2, -0.15) is 0 Å². The lowest BCUT2D eigenvalue weighted by Crippen LogP contribution is -2.49. The molecule has 1 saturated heterocycles. The maximum absolute atomic E-state index is 6.72. The number of hydrogen-bond donors (Lipinski definition) is 0. The highest BCUT2D eigenvalue weighted by Crippen LogP contribution is 2.48. The zero-order chi connectivity index (χ0) is 22.4. The third-order valence-electron chi connectivity index (χ3n) is 6.91. The number of hydrogen-bond acceptors (Lipinski definition) is 3. The second-order valence-corrected chi connectivity index (χ2v) is 9.53. The molecule has 1 heterocycles. The van der Waals surface area contributed by atoms with E-state index in [0.29, 0.717) is 5.92 Å². The Kier molecular flexibility index (Phi) is 12.1. The summed E-state index contributed by atoms with van der Waals surface area (Å²) in [7, 11) is 0. The van der Waals surface area contributed by atoms with Gasteiger partial charge in [0.2, 0.25) is 0 Å². The summed E-state index contributed by atoms with van der Waals surface area (Å²) in [5.74, 6) is -0.322. The molecule has 0 aromatic heterocycles. The van der Waals surface area contributed by atoms with Crippen molar-refractivity contribution in [1.29, 1.82) is 0 Å². The van der Waals surface area contributed by atoms with Gasteiger partial charge in [-0.3, -0.25) is 0 Å². The van der Waals surface area contributed by atoms with Gasteiger partial charge < -0.3 is 14.2 Å². The van der Waals surface area contributed by atoms with Crippen molar-refractivity contribution in [2.24, 2.45) is 11.3 Å². The van der Waals surface area contributed by atoms with Crippen molar-refractivity contribution in [1.82, 2.24) is 0 Å². The summed E-state index contributed by atoms with van der Waals surface area (Å²) in [6.45, 7) is 12.2. The van der Waals surface area contributed by atoms with Gasteiger partial charge in [-0.05, 0) is 32.1 Å². The molecule has 0 saturated carbocycles. The predicted octanol–water partition coefficient (Wildman–Crippen LogP) is 7.88. The van der Waals surface area contributed by atoms with E-state index in [2.05, 4.69) is 58.0 Å². The van der Waals surface area contributed by atoms with E-state index in [0.717, 1.165) is 58.5 Å². The number of unbranched alkanes of at least 4 members (excludes halogenated alkanes) is 5. The smallest absolute Gasteiger partial charge is 0.197 e. The number of rotatable bonds is 18. The van der Waals surface area contributed by atoms with E-state index in [1.165, 1.54) is 44.1 Å². The van der Waals surface area contributed by atoms with Crippen molar-refractivity contribution in [2.75, 3.05) is 26.4 Å². The van der Waals surface area contributed by atoms with Gasteiger partial charge in [0.15, 0.2) is 5.79 Å². The molecule has 1 aromatic carbocycles. The van der Waals surface area contributed by atoms with Gasteiger partial charge in [0, 0.05) is 16.9 Å². The molecule has 3 nitrogen and oxygen atoms in total. The molecule has 0 radical (unpaired) electrons. The maximum Gasteiger partial charge on any atom is 0.197 e.